The van der Waals surface area contributed by atoms with Gasteiger partial charge in [0.15, 0.2) is 0 Å². The van der Waals surface area contributed by atoms with Crippen molar-refractivity contribution in [3.8, 4) is 0 Å². The number of hydrogen-bond acceptors (Lipinski definition) is 4. The normalized spacial score (nSPS) is 21.9. The van der Waals surface area contributed by atoms with Crippen molar-refractivity contribution in [3.05, 3.63) is 18.7 Å². The first-order valence-corrected chi connectivity index (χ1v) is 8.92. The topological polar surface area (TPSA) is 84.3 Å². The number of imidazole rings is 1. The number of sulfonamides is 1. The van der Waals surface area contributed by atoms with Crippen molar-refractivity contribution in [1.82, 2.24) is 19.2 Å². The predicted octanol–water partition coefficient (Wildman–Crippen LogP) is 0.0594. The molecule has 1 amide bonds. The van der Waals surface area contributed by atoms with Gasteiger partial charge >= 0.3 is 0 Å². The second-order valence-electron chi connectivity index (χ2n) is 5.63. The first-order valence-electron chi connectivity index (χ1n) is 7.07. The minimum atomic E-state index is -3.22. The van der Waals surface area contributed by atoms with Crippen molar-refractivity contribution in [3.63, 3.8) is 0 Å². The lowest BCUT2D eigenvalue weighted by atomic mass is 9.98. The van der Waals surface area contributed by atoms with Gasteiger partial charge in [0.25, 0.3) is 0 Å². The third-order valence-electron chi connectivity index (χ3n) is 3.66. The van der Waals surface area contributed by atoms with Gasteiger partial charge in [-0.1, -0.05) is 0 Å². The quantitative estimate of drug-likeness (QED) is 0.833. The Morgan fingerprint density at radius 1 is 1.52 bits per heavy atom. The lowest BCUT2D eigenvalue weighted by molar-refractivity contribution is -0.126. The number of nitrogens with one attached hydrogen (secondary N) is 1. The summed E-state index contributed by atoms with van der Waals surface area (Å²) in [5.41, 5.74) is 0. The largest absolute Gasteiger partial charge is 0.352 e. The molecule has 1 aromatic rings. The van der Waals surface area contributed by atoms with E-state index in [0.29, 0.717) is 13.1 Å². The van der Waals surface area contributed by atoms with Gasteiger partial charge in [0.05, 0.1) is 18.5 Å². The van der Waals surface area contributed by atoms with E-state index in [-0.39, 0.29) is 24.4 Å². The van der Waals surface area contributed by atoms with Crippen molar-refractivity contribution in [2.24, 2.45) is 5.92 Å². The average Bonchev–Trinajstić information content (AvgIpc) is 2.90. The fraction of sp³-hybridized carbons (Fsp3) is 0.692. The maximum absolute atomic E-state index is 12.3. The van der Waals surface area contributed by atoms with Crippen LogP contribution in [0.15, 0.2) is 18.7 Å². The summed E-state index contributed by atoms with van der Waals surface area (Å²) in [7, 11) is -3.22. The average molecular weight is 314 g/mol. The van der Waals surface area contributed by atoms with Gasteiger partial charge in [0, 0.05) is 38.1 Å². The van der Waals surface area contributed by atoms with Crippen molar-refractivity contribution in [2.45, 2.75) is 32.4 Å². The van der Waals surface area contributed by atoms with E-state index in [2.05, 4.69) is 10.3 Å². The third-order valence-corrected chi connectivity index (χ3v) is 4.93. The molecular weight excluding hydrogens is 292 g/mol. The van der Waals surface area contributed by atoms with E-state index in [1.54, 1.807) is 12.5 Å². The van der Waals surface area contributed by atoms with E-state index in [4.69, 9.17) is 0 Å². The van der Waals surface area contributed by atoms with E-state index in [1.807, 2.05) is 17.7 Å². The van der Waals surface area contributed by atoms with E-state index in [1.165, 1.54) is 10.6 Å². The highest BCUT2D eigenvalue weighted by atomic mass is 32.2. The fourth-order valence-electron chi connectivity index (χ4n) is 2.57. The van der Waals surface area contributed by atoms with Crippen LogP contribution in [0.3, 0.4) is 0 Å². The lowest BCUT2D eigenvalue weighted by Gasteiger charge is -2.30. The molecule has 7 nitrogen and oxygen atoms in total. The Balaban J connectivity index is 1.87. The van der Waals surface area contributed by atoms with Crippen LogP contribution in [0.4, 0.5) is 0 Å². The minimum Gasteiger partial charge on any atom is -0.352 e. The van der Waals surface area contributed by atoms with Crippen LogP contribution in [0.5, 0.6) is 0 Å². The molecule has 1 saturated heterocycles. The molecule has 0 aromatic carbocycles. The van der Waals surface area contributed by atoms with Crippen LogP contribution in [0.2, 0.25) is 0 Å². The molecule has 1 aromatic heterocycles. The molecule has 1 aliphatic heterocycles. The molecule has 2 rings (SSSR count). The molecule has 0 bridgehead atoms. The fourth-order valence-corrected chi connectivity index (χ4v) is 3.49. The molecular formula is C13H22N4O3S. The number of hydrogen-bond donors (Lipinski definition) is 1. The van der Waals surface area contributed by atoms with Gasteiger partial charge in [-0.3, -0.25) is 4.79 Å². The summed E-state index contributed by atoms with van der Waals surface area (Å²) in [4.78, 5) is 16.2. The number of piperidine rings is 1. The summed E-state index contributed by atoms with van der Waals surface area (Å²) in [5, 5.41) is 2.95. The highest BCUT2D eigenvalue weighted by Crippen LogP contribution is 2.19. The molecule has 0 radical (unpaired) electrons. The van der Waals surface area contributed by atoms with Gasteiger partial charge in [0.1, 0.15) is 0 Å². The molecule has 1 fully saturated rings. The summed E-state index contributed by atoms with van der Waals surface area (Å²) < 4.78 is 26.4. The van der Waals surface area contributed by atoms with Crippen LogP contribution in [0.1, 0.15) is 19.8 Å². The van der Waals surface area contributed by atoms with E-state index in [0.717, 1.165) is 12.8 Å². The smallest absolute Gasteiger partial charge is 0.224 e. The molecule has 0 spiro atoms. The van der Waals surface area contributed by atoms with E-state index >= 15 is 0 Å². The van der Waals surface area contributed by atoms with Gasteiger partial charge < -0.3 is 9.88 Å². The van der Waals surface area contributed by atoms with Crippen molar-refractivity contribution >= 4 is 15.9 Å². The summed E-state index contributed by atoms with van der Waals surface area (Å²) in [6, 6.07) is -0.0275. The van der Waals surface area contributed by atoms with Crippen LogP contribution in [-0.4, -0.2) is 53.6 Å². The van der Waals surface area contributed by atoms with Crippen LogP contribution < -0.4 is 5.32 Å². The second-order valence-corrected chi connectivity index (χ2v) is 7.61. The predicted molar refractivity (Wildman–Crippen MR) is 79.0 cm³/mol. The number of amides is 1. The molecule has 0 aliphatic carbocycles. The zero-order chi connectivity index (χ0) is 15.5. The summed E-state index contributed by atoms with van der Waals surface area (Å²) >= 11 is 0. The van der Waals surface area contributed by atoms with Gasteiger partial charge in [-0.25, -0.2) is 17.7 Å². The zero-order valence-electron chi connectivity index (χ0n) is 12.4. The Kier molecular flexibility index (Phi) is 5.00. The standard InChI is InChI=1S/C13H22N4O3S/c1-11(8-16-7-5-14-10-16)15-13(18)12-4-3-6-17(9-12)21(2,19)20/h5,7,10-12H,3-4,6,8-9H2,1-2H3,(H,15,18)/t11-,12-/m1/s1. The molecule has 2 atom stereocenters. The number of carbonyl (C=O) groups excluding carboxylic acids is 1. The number of aromatic nitrogens is 2. The Labute approximate surface area is 125 Å². The van der Waals surface area contributed by atoms with Gasteiger partial charge in [-0.15, -0.1) is 0 Å². The first kappa shape index (κ1) is 16.0. The lowest BCUT2D eigenvalue weighted by Crippen LogP contribution is -2.47. The molecule has 2 heterocycles. The molecule has 8 heteroatoms. The van der Waals surface area contributed by atoms with Gasteiger partial charge in [0.2, 0.25) is 15.9 Å². The van der Waals surface area contributed by atoms with Crippen LogP contribution in [0.25, 0.3) is 0 Å². The van der Waals surface area contributed by atoms with E-state index < -0.39 is 10.0 Å². The van der Waals surface area contributed by atoms with Crippen LogP contribution in [-0.2, 0) is 21.4 Å². The van der Waals surface area contributed by atoms with Crippen molar-refractivity contribution < 1.29 is 13.2 Å². The monoisotopic (exact) mass is 314 g/mol. The minimum absolute atomic E-state index is 0.0275. The first-order chi connectivity index (χ1) is 9.86. The van der Waals surface area contributed by atoms with Crippen molar-refractivity contribution in [1.29, 1.82) is 0 Å². The summed E-state index contributed by atoms with van der Waals surface area (Å²) in [6.45, 7) is 3.36. The molecule has 21 heavy (non-hydrogen) atoms. The zero-order valence-corrected chi connectivity index (χ0v) is 13.2. The molecule has 118 valence electrons. The number of carbonyl (C=O) groups is 1. The molecule has 1 N–H and O–H groups in total. The highest BCUT2D eigenvalue weighted by molar-refractivity contribution is 7.88. The third kappa shape index (κ3) is 4.53. The van der Waals surface area contributed by atoms with Gasteiger partial charge in [-0.2, -0.15) is 0 Å². The second kappa shape index (κ2) is 6.57. The highest BCUT2D eigenvalue weighted by Gasteiger charge is 2.30. The van der Waals surface area contributed by atoms with Crippen LogP contribution in [0, 0.1) is 5.92 Å². The Bertz CT molecular complexity index is 570. The molecule has 0 saturated carbocycles. The van der Waals surface area contributed by atoms with E-state index in [9.17, 15) is 13.2 Å². The summed E-state index contributed by atoms with van der Waals surface area (Å²) in [6.07, 6.45) is 7.88. The van der Waals surface area contributed by atoms with Crippen molar-refractivity contribution in [2.75, 3.05) is 19.3 Å². The molecule has 1 aliphatic rings. The Morgan fingerprint density at radius 3 is 2.90 bits per heavy atom. The Morgan fingerprint density at radius 2 is 2.29 bits per heavy atom. The summed E-state index contributed by atoms with van der Waals surface area (Å²) in [5.74, 6) is -0.338. The Hall–Kier alpha value is -1.41. The maximum atomic E-state index is 12.3. The van der Waals surface area contributed by atoms with Crippen LogP contribution >= 0.6 is 0 Å². The SMILES string of the molecule is C[C@H](Cn1ccnc1)NC(=O)[C@@H]1CCCN(S(C)(=O)=O)C1. The van der Waals surface area contributed by atoms with Gasteiger partial charge in [-0.05, 0) is 19.8 Å². The molecule has 0 unspecified atom stereocenters. The number of nitrogens with zero attached hydrogens (tertiary/aromatic N) is 3. The number of rotatable bonds is 5. The maximum Gasteiger partial charge on any atom is 0.224 e.